The third-order valence-corrected chi connectivity index (χ3v) is 6.30. The van der Waals surface area contributed by atoms with Gasteiger partial charge in [-0.3, -0.25) is 0 Å². The molecule has 0 bridgehead atoms. The van der Waals surface area contributed by atoms with Gasteiger partial charge < -0.3 is 9.64 Å². The van der Waals surface area contributed by atoms with Gasteiger partial charge in [0.1, 0.15) is 6.33 Å². The maximum atomic E-state index is 5.94. The molecule has 1 aliphatic carbocycles. The lowest BCUT2D eigenvalue weighted by Crippen LogP contribution is -2.29. The van der Waals surface area contributed by atoms with Gasteiger partial charge in [0.25, 0.3) is 0 Å². The number of ether oxygens (including phenoxy) is 1. The van der Waals surface area contributed by atoms with Crippen LogP contribution in [0, 0.1) is 17.3 Å². The molecule has 0 N–H and O–H groups in total. The van der Waals surface area contributed by atoms with E-state index in [0.717, 1.165) is 36.7 Å². The normalized spacial score (nSPS) is 25.0. The fraction of sp³-hybridized carbons (Fsp3) is 0.429. The highest BCUT2D eigenvalue weighted by molar-refractivity contribution is 5.55. The first-order valence-electron chi connectivity index (χ1n) is 9.93. The first kappa shape index (κ1) is 17.9. The average Bonchev–Trinajstić information content (AvgIpc) is 3.14. The van der Waals surface area contributed by atoms with Crippen molar-refractivity contribution in [3.05, 3.63) is 49.1 Å². The Morgan fingerprint density at radius 1 is 1.03 bits per heavy atom. The minimum atomic E-state index is 0.252. The van der Waals surface area contributed by atoms with Gasteiger partial charge in [0.05, 0.1) is 24.7 Å². The Balaban J connectivity index is 1.16. The summed E-state index contributed by atoms with van der Waals surface area (Å²) in [5.41, 5.74) is 2.99. The van der Waals surface area contributed by atoms with Crippen LogP contribution in [0.3, 0.4) is 0 Å². The lowest BCUT2D eigenvalue weighted by Gasteiger charge is -2.22. The largest absolute Gasteiger partial charge is 0.476 e. The first-order chi connectivity index (χ1) is 14.2. The number of aryl methyl sites for hydroxylation is 1. The molecular weight excluding hydrogens is 366 g/mol. The van der Waals surface area contributed by atoms with Crippen molar-refractivity contribution in [3.63, 3.8) is 0 Å². The molecule has 3 aromatic rings. The fourth-order valence-electron chi connectivity index (χ4n) is 4.35. The molecule has 5 rings (SSSR count). The van der Waals surface area contributed by atoms with Crippen molar-refractivity contribution < 1.29 is 4.74 Å². The van der Waals surface area contributed by atoms with Gasteiger partial charge in [-0.2, -0.15) is 0 Å². The standard InChI is InChI=1S/C21H23N7O/c1-3-14-4-26-20(27-5-14)28-10-16-17(21(16,2)12-28)11-29-19-9-24-18(8-25-19)15-6-22-13-23-7-15/h4-9,13,16-17H,3,10-12H2,1-2H3. The predicted molar refractivity (Wildman–Crippen MR) is 107 cm³/mol. The molecule has 2 aliphatic rings. The van der Waals surface area contributed by atoms with Gasteiger partial charge in [-0.05, 0) is 23.3 Å². The molecule has 8 nitrogen and oxygen atoms in total. The predicted octanol–water partition coefficient (Wildman–Crippen LogP) is 2.44. The summed E-state index contributed by atoms with van der Waals surface area (Å²) in [6.45, 7) is 7.05. The van der Waals surface area contributed by atoms with Gasteiger partial charge in [0.15, 0.2) is 0 Å². The maximum absolute atomic E-state index is 5.94. The molecular formula is C21H23N7O. The highest BCUT2D eigenvalue weighted by atomic mass is 16.5. The second-order valence-corrected chi connectivity index (χ2v) is 8.02. The van der Waals surface area contributed by atoms with Crippen molar-refractivity contribution in [2.24, 2.45) is 17.3 Å². The van der Waals surface area contributed by atoms with Crippen LogP contribution in [0.5, 0.6) is 5.88 Å². The van der Waals surface area contributed by atoms with Gasteiger partial charge >= 0.3 is 0 Å². The lowest BCUT2D eigenvalue weighted by molar-refractivity contribution is 0.260. The molecule has 148 valence electrons. The quantitative estimate of drug-likeness (QED) is 0.635. The van der Waals surface area contributed by atoms with Crippen LogP contribution >= 0.6 is 0 Å². The van der Waals surface area contributed by atoms with Crippen LogP contribution in [0.15, 0.2) is 43.5 Å². The number of nitrogens with zero attached hydrogens (tertiary/aromatic N) is 7. The van der Waals surface area contributed by atoms with Crippen LogP contribution in [-0.2, 0) is 6.42 Å². The van der Waals surface area contributed by atoms with E-state index in [9.17, 15) is 0 Å². The van der Waals surface area contributed by atoms with E-state index < -0.39 is 0 Å². The number of hydrogen-bond acceptors (Lipinski definition) is 8. The summed E-state index contributed by atoms with van der Waals surface area (Å²) in [5, 5.41) is 0. The fourth-order valence-corrected chi connectivity index (χ4v) is 4.35. The number of rotatable bonds is 6. The minimum Gasteiger partial charge on any atom is -0.476 e. The number of fused-ring (bicyclic) bond motifs is 1. The molecule has 3 atom stereocenters. The summed E-state index contributed by atoms with van der Waals surface area (Å²) in [6.07, 6.45) is 13.1. The second-order valence-electron chi connectivity index (χ2n) is 8.02. The maximum Gasteiger partial charge on any atom is 0.232 e. The minimum absolute atomic E-state index is 0.252. The molecule has 8 heteroatoms. The van der Waals surface area contributed by atoms with E-state index >= 15 is 0 Å². The van der Waals surface area contributed by atoms with Crippen LogP contribution in [0.25, 0.3) is 11.3 Å². The zero-order chi connectivity index (χ0) is 19.8. The second kappa shape index (κ2) is 7.02. The van der Waals surface area contributed by atoms with Crippen LogP contribution in [0.1, 0.15) is 19.4 Å². The molecule has 4 heterocycles. The SMILES string of the molecule is CCc1cnc(N2CC3C(COc4cnc(-c5cncnc5)cn4)C3(C)C2)nc1. The summed E-state index contributed by atoms with van der Waals surface area (Å²) in [7, 11) is 0. The molecule has 29 heavy (non-hydrogen) atoms. The molecule has 0 spiro atoms. The summed E-state index contributed by atoms with van der Waals surface area (Å²) < 4.78 is 5.94. The van der Waals surface area contributed by atoms with E-state index in [-0.39, 0.29) is 5.41 Å². The Kier molecular flexibility index (Phi) is 4.34. The van der Waals surface area contributed by atoms with Crippen LogP contribution < -0.4 is 9.64 Å². The van der Waals surface area contributed by atoms with Gasteiger partial charge in [-0.1, -0.05) is 13.8 Å². The molecule has 0 radical (unpaired) electrons. The number of hydrogen-bond donors (Lipinski definition) is 0. The molecule has 3 unspecified atom stereocenters. The summed E-state index contributed by atoms with van der Waals surface area (Å²) >= 11 is 0. The average molecular weight is 389 g/mol. The van der Waals surface area contributed by atoms with E-state index in [4.69, 9.17) is 4.74 Å². The zero-order valence-electron chi connectivity index (χ0n) is 16.6. The van der Waals surface area contributed by atoms with Crippen molar-refractivity contribution in [1.82, 2.24) is 29.9 Å². The van der Waals surface area contributed by atoms with Crippen molar-refractivity contribution in [2.75, 3.05) is 24.6 Å². The summed E-state index contributed by atoms with van der Waals surface area (Å²) in [5.74, 6) is 2.51. The third kappa shape index (κ3) is 3.28. The number of aromatic nitrogens is 6. The van der Waals surface area contributed by atoms with E-state index in [2.05, 4.69) is 48.7 Å². The Hall–Kier alpha value is -3.16. The number of anilines is 1. The molecule has 0 amide bonds. The molecule has 1 saturated heterocycles. The number of piperidine rings is 1. The summed E-state index contributed by atoms with van der Waals surface area (Å²) in [6, 6.07) is 0. The van der Waals surface area contributed by atoms with E-state index in [1.807, 2.05) is 12.4 Å². The van der Waals surface area contributed by atoms with Crippen molar-refractivity contribution in [2.45, 2.75) is 20.3 Å². The van der Waals surface area contributed by atoms with Crippen LogP contribution in [-0.4, -0.2) is 49.6 Å². The Bertz CT molecular complexity index is 980. The molecule has 3 aromatic heterocycles. The molecule has 0 aromatic carbocycles. The van der Waals surface area contributed by atoms with Gasteiger partial charge in [-0.25, -0.2) is 29.9 Å². The van der Waals surface area contributed by atoms with E-state index in [1.54, 1.807) is 24.8 Å². The molecule has 2 fully saturated rings. The van der Waals surface area contributed by atoms with Gasteiger partial charge in [0.2, 0.25) is 11.8 Å². The monoisotopic (exact) mass is 389 g/mol. The van der Waals surface area contributed by atoms with Crippen molar-refractivity contribution in [3.8, 4) is 17.1 Å². The highest BCUT2D eigenvalue weighted by Gasteiger charge is 2.66. The molecule has 1 aliphatic heterocycles. The van der Waals surface area contributed by atoms with Gasteiger partial charge in [-0.15, -0.1) is 0 Å². The lowest BCUT2D eigenvalue weighted by atomic mass is 10.1. The topological polar surface area (TPSA) is 89.8 Å². The highest BCUT2D eigenvalue weighted by Crippen LogP contribution is 2.63. The summed E-state index contributed by atoms with van der Waals surface area (Å²) in [4.78, 5) is 28.1. The molecule has 1 saturated carbocycles. The van der Waals surface area contributed by atoms with E-state index in [1.165, 1.54) is 11.9 Å². The Morgan fingerprint density at radius 3 is 2.45 bits per heavy atom. The Labute approximate surface area is 169 Å². The zero-order valence-corrected chi connectivity index (χ0v) is 16.6. The van der Waals surface area contributed by atoms with Crippen molar-refractivity contribution in [1.29, 1.82) is 0 Å². The van der Waals surface area contributed by atoms with Crippen LogP contribution in [0.4, 0.5) is 5.95 Å². The smallest absolute Gasteiger partial charge is 0.232 e. The van der Waals surface area contributed by atoms with E-state index in [0.29, 0.717) is 24.3 Å². The Morgan fingerprint density at radius 2 is 1.83 bits per heavy atom. The van der Waals surface area contributed by atoms with Crippen molar-refractivity contribution >= 4 is 5.95 Å². The van der Waals surface area contributed by atoms with Gasteiger partial charge in [0, 0.05) is 49.4 Å². The third-order valence-electron chi connectivity index (χ3n) is 6.30. The van der Waals surface area contributed by atoms with Crippen LogP contribution in [0.2, 0.25) is 0 Å². The first-order valence-corrected chi connectivity index (χ1v) is 9.93.